The molecule has 1 aromatic rings. The van der Waals surface area contributed by atoms with Crippen LogP contribution in [0.1, 0.15) is 52.4 Å². The van der Waals surface area contributed by atoms with E-state index in [0.717, 1.165) is 36.4 Å². The van der Waals surface area contributed by atoms with E-state index in [0.29, 0.717) is 0 Å². The van der Waals surface area contributed by atoms with Crippen LogP contribution in [0, 0.1) is 0 Å². The Kier molecular flexibility index (Phi) is 3.77. The number of nitrogens with one attached hydrogen (secondary N) is 1. The van der Waals surface area contributed by atoms with Crippen LogP contribution in [-0.2, 0) is 12.8 Å². The predicted molar refractivity (Wildman–Crippen MR) is 62.3 cm³/mol. The fourth-order valence-electron chi connectivity index (χ4n) is 1.36. The lowest BCUT2D eigenvalue weighted by Gasteiger charge is -2.25. The second kappa shape index (κ2) is 4.69. The molecule has 0 bridgehead atoms. The largest absolute Gasteiger partial charge is 0.484 e. The minimum atomic E-state index is -0.113. The predicted octanol–water partition coefficient (Wildman–Crippen LogP) is 3.10. The van der Waals surface area contributed by atoms with Gasteiger partial charge in [0.1, 0.15) is 11.3 Å². The molecule has 0 aliphatic heterocycles. The summed E-state index contributed by atoms with van der Waals surface area (Å²) in [5.41, 5.74) is 2.03. The molecule has 15 heavy (non-hydrogen) atoms. The van der Waals surface area contributed by atoms with E-state index in [1.807, 2.05) is 0 Å². The van der Waals surface area contributed by atoms with Crippen LogP contribution in [0.5, 0.6) is 5.75 Å². The van der Waals surface area contributed by atoms with Crippen molar-refractivity contribution in [1.29, 1.82) is 0 Å². The van der Waals surface area contributed by atoms with Crippen LogP contribution in [0.15, 0.2) is 0 Å². The van der Waals surface area contributed by atoms with E-state index in [2.05, 4.69) is 44.8 Å². The van der Waals surface area contributed by atoms with Gasteiger partial charge in [-0.1, -0.05) is 20.8 Å². The highest BCUT2D eigenvalue weighted by atomic mass is 16.5. The monoisotopic (exact) mass is 210 g/mol. The Morgan fingerprint density at radius 2 is 1.87 bits per heavy atom. The molecular formula is C12H22N2O. The minimum Gasteiger partial charge on any atom is -0.484 e. The van der Waals surface area contributed by atoms with Gasteiger partial charge in [0.25, 0.3) is 0 Å². The Morgan fingerprint density at radius 1 is 1.20 bits per heavy atom. The Morgan fingerprint density at radius 3 is 2.33 bits per heavy atom. The average molecular weight is 210 g/mol. The van der Waals surface area contributed by atoms with E-state index in [-0.39, 0.29) is 5.60 Å². The summed E-state index contributed by atoms with van der Waals surface area (Å²) in [7, 11) is 0. The van der Waals surface area contributed by atoms with Gasteiger partial charge in [0.05, 0.1) is 5.69 Å². The number of aromatic nitrogens is 2. The number of hydrogen-bond donors (Lipinski definition) is 1. The number of hydrogen-bond acceptors (Lipinski definition) is 2. The molecule has 1 heterocycles. The van der Waals surface area contributed by atoms with Gasteiger partial charge in [0, 0.05) is 0 Å². The van der Waals surface area contributed by atoms with Crippen LogP contribution < -0.4 is 4.74 Å². The molecule has 0 radical (unpaired) electrons. The molecule has 0 aliphatic rings. The molecule has 3 heteroatoms. The standard InChI is InChI=1S/C12H22N2O/c1-6-9-11(10(7-2)14-13-9)15-12(4,5)8-3/h6-8H2,1-5H3,(H,13,14). The molecule has 0 fully saturated rings. The Bertz CT molecular complexity index is 294. The van der Waals surface area contributed by atoms with Crippen LogP contribution in [0.4, 0.5) is 0 Å². The van der Waals surface area contributed by atoms with Crippen molar-refractivity contribution in [2.75, 3.05) is 0 Å². The fraction of sp³-hybridized carbons (Fsp3) is 0.750. The zero-order valence-corrected chi connectivity index (χ0v) is 10.5. The quantitative estimate of drug-likeness (QED) is 0.811. The third-order valence-electron chi connectivity index (χ3n) is 2.78. The molecule has 0 aliphatic carbocycles. The van der Waals surface area contributed by atoms with E-state index in [1.165, 1.54) is 0 Å². The normalized spacial score (nSPS) is 11.8. The number of aryl methyl sites for hydroxylation is 2. The van der Waals surface area contributed by atoms with E-state index in [9.17, 15) is 0 Å². The SMILES string of the molecule is CCc1n[nH]c(CC)c1OC(C)(C)CC. The Balaban J connectivity index is 2.95. The summed E-state index contributed by atoms with van der Waals surface area (Å²) in [6.07, 6.45) is 2.83. The Hall–Kier alpha value is -0.990. The highest BCUT2D eigenvalue weighted by Crippen LogP contribution is 2.27. The van der Waals surface area contributed by atoms with Crippen molar-refractivity contribution < 1.29 is 4.74 Å². The zero-order valence-electron chi connectivity index (χ0n) is 10.5. The maximum atomic E-state index is 6.04. The minimum absolute atomic E-state index is 0.113. The molecule has 0 atom stereocenters. The van der Waals surface area contributed by atoms with Gasteiger partial charge in [-0.3, -0.25) is 5.10 Å². The Labute approximate surface area is 92.2 Å². The van der Waals surface area contributed by atoms with Crippen molar-refractivity contribution in [1.82, 2.24) is 10.2 Å². The maximum absolute atomic E-state index is 6.04. The second-order valence-electron chi connectivity index (χ2n) is 4.40. The summed E-state index contributed by atoms with van der Waals surface area (Å²) in [6, 6.07) is 0. The molecule has 1 N–H and O–H groups in total. The van der Waals surface area contributed by atoms with Crippen molar-refractivity contribution in [3.63, 3.8) is 0 Å². The summed E-state index contributed by atoms with van der Waals surface area (Å²) >= 11 is 0. The lowest BCUT2D eigenvalue weighted by atomic mass is 10.1. The van der Waals surface area contributed by atoms with Gasteiger partial charge in [0.15, 0.2) is 5.75 Å². The number of rotatable bonds is 5. The molecule has 0 aromatic carbocycles. The van der Waals surface area contributed by atoms with Crippen LogP contribution >= 0.6 is 0 Å². The first kappa shape index (κ1) is 12.1. The van der Waals surface area contributed by atoms with Crippen molar-refractivity contribution in [2.45, 2.75) is 59.5 Å². The lowest BCUT2D eigenvalue weighted by Crippen LogP contribution is -2.27. The number of nitrogens with zero attached hydrogens (tertiary/aromatic N) is 1. The van der Waals surface area contributed by atoms with Crippen LogP contribution in [0.25, 0.3) is 0 Å². The molecule has 0 unspecified atom stereocenters. The fourth-order valence-corrected chi connectivity index (χ4v) is 1.36. The van der Waals surface area contributed by atoms with E-state index in [1.54, 1.807) is 0 Å². The second-order valence-corrected chi connectivity index (χ2v) is 4.40. The first-order chi connectivity index (χ1) is 7.04. The third kappa shape index (κ3) is 2.74. The molecule has 86 valence electrons. The molecule has 1 rings (SSSR count). The third-order valence-corrected chi connectivity index (χ3v) is 2.78. The summed E-state index contributed by atoms with van der Waals surface area (Å²) in [6.45, 7) is 10.6. The van der Waals surface area contributed by atoms with Gasteiger partial charge < -0.3 is 4.74 Å². The number of aromatic amines is 1. The van der Waals surface area contributed by atoms with Crippen molar-refractivity contribution in [3.05, 3.63) is 11.4 Å². The summed E-state index contributed by atoms with van der Waals surface area (Å²) in [5.74, 6) is 0.965. The highest BCUT2D eigenvalue weighted by molar-refractivity contribution is 5.33. The maximum Gasteiger partial charge on any atom is 0.164 e. The number of H-pyrrole nitrogens is 1. The van der Waals surface area contributed by atoms with Gasteiger partial charge in [-0.05, 0) is 33.1 Å². The highest BCUT2D eigenvalue weighted by Gasteiger charge is 2.22. The summed E-state index contributed by atoms with van der Waals surface area (Å²) in [4.78, 5) is 0. The van der Waals surface area contributed by atoms with Crippen molar-refractivity contribution >= 4 is 0 Å². The topological polar surface area (TPSA) is 37.9 Å². The first-order valence-corrected chi connectivity index (χ1v) is 5.79. The van der Waals surface area contributed by atoms with Crippen molar-refractivity contribution in [2.24, 2.45) is 0 Å². The van der Waals surface area contributed by atoms with Gasteiger partial charge in [-0.25, -0.2) is 0 Å². The summed E-state index contributed by atoms with van der Waals surface area (Å²) in [5, 5.41) is 7.32. The van der Waals surface area contributed by atoms with Gasteiger partial charge in [0.2, 0.25) is 0 Å². The van der Waals surface area contributed by atoms with E-state index < -0.39 is 0 Å². The molecule has 0 amide bonds. The van der Waals surface area contributed by atoms with Crippen molar-refractivity contribution in [3.8, 4) is 5.75 Å². The van der Waals surface area contributed by atoms with Crippen LogP contribution in [0.2, 0.25) is 0 Å². The zero-order chi connectivity index (χ0) is 11.5. The molecule has 0 saturated carbocycles. The van der Waals surface area contributed by atoms with Gasteiger partial charge >= 0.3 is 0 Å². The summed E-state index contributed by atoms with van der Waals surface area (Å²) < 4.78 is 6.04. The average Bonchev–Trinajstić information content (AvgIpc) is 2.59. The van der Waals surface area contributed by atoms with Gasteiger partial charge in [-0.2, -0.15) is 5.10 Å². The lowest BCUT2D eigenvalue weighted by molar-refractivity contribution is 0.103. The van der Waals surface area contributed by atoms with Crippen LogP contribution in [0.3, 0.4) is 0 Å². The van der Waals surface area contributed by atoms with Gasteiger partial charge in [-0.15, -0.1) is 0 Å². The van der Waals surface area contributed by atoms with E-state index in [4.69, 9.17) is 4.74 Å². The van der Waals surface area contributed by atoms with E-state index >= 15 is 0 Å². The number of ether oxygens (including phenoxy) is 1. The molecule has 0 spiro atoms. The first-order valence-electron chi connectivity index (χ1n) is 5.79. The molecule has 3 nitrogen and oxygen atoms in total. The van der Waals surface area contributed by atoms with Crippen LogP contribution in [-0.4, -0.2) is 15.8 Å². The molecule has 0 saturated heterocycles. The molecule has 1 aromatic heterocycles. The molecular weight excluding hydrogens is 188 g/mol. The smallest absolute Gasteiger partial charge is 0.164 e.